The van der Waals surface area contributed by atoms with Gasteiger partial charge in [0.15, 0.2) is 11.5 Å². The van der Waals surface area contributed by atoms with Gasteiger partial charge in [0.2, 0.25) is 0 Å². The number of carbonyl (C=O) groups is 1. The molecule has 0 unspecified atom stereocenters. The van der Waals surface area contributed by atoms with Gasteiger partial charge in [-0.3, -0.25) is 4.79 Å². The van der Waals surface area contributed by atoms with Crippen LogP contribution in [0.25, 0.3) is 0 Å². The van der Waals surface area contributed by atoms with Crippen molar-refractivity contribution in [1.82, 2.24) is 4.90 Å². The van der Waals surface area contributed by atoms with Crippen LogP contribution in [0.4, 0.5) is 0 Å². The van der Waals surface area contributed by atoms with Crippen molar-refractivity contribution in [1.29, 1.82) is 0 Å². The maximum Gasteiger partial charge on any atom is 0.254 e. The van der Waals surface area contributed by atoms with Crippen LogP contribution in [-0.2, 0) is 6.42 Å². The third-order valence-corrected chi connectivity index (χ3v) is 5.71. The molecular formula is C23H27NO4. The Kier molecular flexibility index (Phi) is 5.42. The summed E-state index contributed by atoms with van der Waals surface area (Å²) < 4.78 is 16.5. The van der Waals surface area contributed by atoms with Gasteiger partial charge < -0.3 is 19.1 Å². The van der Waals surface area contributed by atoms with Gasteiger partial charge in [-0.1, -0.05) is 12.1 Å². The molecule has 0 aromatic heterocycles. The van der Waals surface area contributed by atoms with Crippen LogP contribution >= 0.6 is 0 Å². The Balaban J connectivity index is 1.47. The molecule has 4 rings (SSSR count). The van der Waals surface area contributed by atoms with Gasteiger partial charge in [0.05, 0.1) is 7.11 Å². The molecule has 2 atom stereocenters. The van der Waals surface area contributed by atoms with Gasteiger partial charge in [0.25, 0.3) is 5.91 Å². The third-order valence-electron chi connectivity index (χ3n) is 5.71. The lowest BCUT2D eigenvalue weighted by atomic mass is 10.0. The van der Waals surface area contributed by atoms with Crippen LogP contribution in [-0.4, -0.2) is 43.2 Å². The molecule has 2 aromatic carbocycles. The molecule has 1 fully saturated rings. The Hall–Kier alpha value is -2.69. The first kappa shape index (κ1) is 18.7. The normalized spacial score (nSPS) is 20.9. The summed E-state index contributed by atoms with van der Waals surface area (Å²) in [5, 5.41) is 0. The van der Waals surface area contributed by atoms with E-state index in [2.05, 4.69) is 24.0 Å². The highest BCUT2D eigenvalue weighted by atomic mass is 16.6. The molecule has 0 N–H and O–H groups in total. The summed E-state index contributed by atoms with van der Waals surface area (Å²) in [7, 11) is 1.69. The molecule has 148 valence electrons. The Morgan fingerprint density at radius 3 is 2.75 bits per heavy atom. The molecule has 1 amide bonds. The van der Waals surface area contributed by atoms with Crippen LogP contribution in [0.1, 0.15) is 42.1 Å². The molecule has 2 aliphatic rings. The lowest BCUT2D eigenvalue weighted by molar-refractivity contribution is 0.0671. The summed E-state index contributed by atoms with van der Waals surface area (Å²) >= 11 is 0. The number of amides is 1. The molecule has 2 aliphatic heterocycles. The Bertz CT molecular complexity index is 850. The average Bonchev–Trinajstić information content (AvgIpc) is 3.11. The fourth-order valence-electron chi connectivity index (χ4n) is 4.21. The molecule has 0 aliphatic carbocycles. The highest BCUT2D eigenvalue weighted by Gasteiger charge is 2.34. The van der Waals surface area contributed by atoms with Crippen molar-refractivity contribution in [2.45, 2.75) is 44.7 Å². The number of methoxy groups -OCH3 is 1. The first-order valence-electron chi connectivity index (χ1n) is 10.0. The number of hydrogen-bond acceptors (Lipinski definition) is 4. The van der Waals surface area contributed by atoms with Crippen molar-refractivity contribution in [3.05, 3.63) is 53.6 Å². The predicted octanol–water partition coefficient (Wildman–Crippen LogP) is 4.09. The highest BCUT2D eigenvalue weighted by molar-refractivity contribution is 5.95. The smallest absolute Gasteiger partial charge is 0.254 e. The number of ether oxygens (including phenoxy) is 3. The van der Waals surface area contributed by atoms with Crippen molar-refractivity contribution in [3.63, 3.8) is 0 Å². The highest BCUT2D eigenvalue weighted by Crippen LogP contribution is 2.34. The average molecular weight is 381 g/mol. The fraction of sp³-hybridized carbons (Fsp3) is 0.435. The van der Waals surface area contributed by atoms with Gasteiger partial charge in [-0.25, -0.2) is 0 Å². The minimum Gasteiger partial charge on any atom is -0.497 e. The minimum absolute atomic E-state index is 0.0811. The van der Waals surface area contributed by atoms with E-state index in [1.165, 1.54) is 5.56 Å². The lowest BCUT2D eigenvalue weighted by Gasteiger charge is -2.29. The van der Waals surface area contributed by atoms with Crippen molar-refractivity contribution in [3.8, 4) is 17.2 Å². The van der Waals surface area contributed by atoms with E-state index >= 15 is 0 Å². The minimum atomic E-state index is 0.0811. The van der Waals surface area contributed by atoms with E-state index in [0.717, 1.165) is 31.4 Å². The van der Waals surface area contributed by atoms with Crippen LogP contribution < -0.4 is 14.2 Å². The van der Waals surface area contributed by atoms with E-state index in [4.69, 9.17) is 14.2 Å². The SMILES string of the molecule is COc1cccc(CC[C@H]2CC[C@@H](C)N2C(=O)c2ccc3c(c2)OCCO3)c1. The van der Waals surface area contributed by atoms with E-state index in [1.807, 2.05) is 30.3 Å². The molecule has 28 heavy (non-hydrogen) atoms. The lowest BCUT2D eigenvalue weighted by Crippen LogP contribution is -2.40. The van der Waals surface area contributed by atoms with E-state index in [9.17, 15) is 4.79 Å². The molecule has 2 heterocycles. The summed E-state index contributed by atoms with van der Waals surface area (Å²) in [6.45, 7) is 3.21. The summed E-state index contributed by atoms with van der Waals surface area (Å²) in [5.74, 6) is 2.34. The number of aryl methyl sites for hydroxylation is 1. The van der Waals surface area contributed by atoms with E-state index in [1.54, 1.807) is 7.11 Å². The summed E-state index contributed by atoms with van der Waals surface area (Å²) in [6, 6.07) is 14.2. The second kappa shape index (κ2) is 8.13. The maximum absolute atomic E-state index is 13.3. The van der Waals surface area contributed by atoms with Gasteiger partial charge in [-0.05, 0) is 68.5 Å². The number of likely N-dealkylation sites (tertiary alicyclic amines) is 1. The Labute approximate surface area is 166 Å². The Morgan fingerprint density at radius 2 is 1.93 bits per heavy atom. The van der Waals surface area contributed by atoms with Crippen molar-refractivity contribution < 1.29 is 19.0 Å². The molecule has 0 saturated carbocycles. The van der Waals surface area contributed by atoms with Gasteiger partial charge in [0.1, 0.15) is 19.0 Å². The number of hydrogen-bond donors (Lipinski definition) is 0. The van der Waals surface area contributed by atoms with Gasteiger partial charge in [0, 0.05) is 17.6 Å². The zero-order chi connectivity index (χ0) is 19.5. The second-order valence-corrected chi connectivity index (χ2v) is 7.54. The van der Waals surface area contributed by atoms with Crippen LogP contribution in [0.3, 0.4) is 0 Å². The quantitative estimate of drug-likeness (QED) is 0.783. The van der Waals surface area contributed by atoms with Crippen molar-refractivity contribution >= 4 is 5.91 Å². The standard InChI is InChI=1S/C23H27NO4/c1-16-6-9-19(10-7-17-4-3-5-20(14-17)26-2)24(16)23(25)18-8-11-21-22(15-18)28-13-12-27-21/h3-5,8,11,14-16,19H,6-7,9-10,12-13H2,1-2H3/t16-,19-/m1/s1. The van der Waals surface area contributed by atoms with Gasteiger partial charge in [-0.2, -0.15) is 0 Å². The van der Waals surface area contributed by atoms with Gasteiger partial charge in [-0.15, -0.1) is 0 Å². The van der Waals surface area contributed by atoms with Crippen LogP contribution in [0.2, 0.25) is 0 Å². The summed E-state index contributed by atoms with van der Waals surface area (Å²) in [6.07, 6.45) is 3.97. The Morgan fingerprint density at radius 1 is 1.11 bits per heavy atom. The number of fused-ring (bicyclic) bond motifs is 1. The van der Waals surface area contributed by atoms with Crippen molar-refractivity contribution in [2.75, 3.05) is 20.3 Å². The molecule has 0 radical (unpaired) electrons. The van der Waals surface area contributed by atoms with E-state index in [-0.39, 0.29) is 18.0 Å². The number of nitrogens with zero attached hydrogens (tertiary/aromatic N) is 1. The second-order valence-electron chi connectivity index (χ2n) is 7.54. The molecule has 0 spiro atoms. The number of carbonyl (C=O) groups excluding carboxylic acids is 1. The summed E-state index contributed by atoms with van der Waals surface area (Å²) in [5.41, 5.74) is 1.91. The number of benzene rings is 2. The molecule has 1 saturated heterocycles. The molecule has 5 nitrogen and oxygen atoms in total. The third kappa shape index (κ3) is 3.79. The molecule has 5 heteroatoms. The van der Waals surface area contributed by atoms with E-state index < -0.39 is 0 Å². The van der Waals surface area contributed by atoms with Crippen molar-refractivity contribution in [2.24, 2.45) is 0 Å². The first-order chi connectivity index (χ1) is 13.7. The zero-order valence-electron chi connectivity index (χ0n) is 16.5. The zero-order valence-corrected chi connectivity index (χ0v) is 16.5. The fourth-order valence-corrected chi connectivity index (χ4v) is 4.21. The predicted molar refractivity (Wildman–Crippen MR) is 107 cm³/mol. The molecule has 2 aromatic rings. The topological polar surface area (TPSA) is 48.0 Å². The summed E-state index contributed by atoms with van der Waals surface area (Å²) in [4.78, 5) is 15.3. The largest absolute Gasteiger partial charge is 0.497 e. The first-order valence-corrected chi connectivity index (χ1v) is 10.0. The van der Waals surface area contributed by atoms with Gasteiger partial charge >= 0.3 is 0 Å². The van der Waals surface area contributed by atoms with Crippen LogP contribution in [0.5, 0.6) is 17.2 Å². The van der Waals surface area contributed by atoms with Crippen LogP contribution in [0.15, 0.2) is 42.5 Å². The van der Waals surface area contributed by atoms with Crippen LogP contribution in [0, 0.1) is 0 Å². The maximum atomic E-state index is 13.3. The van der Waals surface area contributed by atoms with E-state index in [0.29, 0.717) is 30.3 Å². The molecular weight excluding hydrogens is 354 g/mol. The monoisotopic (exact) mass is 381 g/mol. The number of rotatable bonds is 5. The molecule has 0 bridgehead atoms.